The van der Waals surface area contributed by atoms with Crippen molar-refractivity contribution in [2.45, 2.75) is 12.8 Å². The van der Waals surface area contributed by atoms with Crippen LogP contribution in [0.25, 0.3) is 11.3 Å². The quantitative estimate of drug-likeness (QED) is 0.343. The number of halogens is 5. The first-order valence-corrected chi connectivity index (χ1v) is 9.05. The molecule has 6 nitrogen and oxygen atoms in total. The van der Waals surface area contributed by atoms with E-state index in [4.69, 9.17) is 5.11 Å². The number of rotatable bonds is 8. The number of benzene rings is 2. The topological polar surface area (TPSA) is 79.3 Å². The molecule has 3 rings (SSSR count). The molecule has 0 aliphatic rings. The van der Waals surface area contributed by atoms with Crippen LogP contribution >= 0.6 is 0 Å². The summed E-state index contributed by atoms with van der Waals surface area (Å²) in [6.45, 7) is 0.269. The van der Waals surface area contributed by atoms with Crippen molar-refractivity contribution in [2.24, 2.45) is 0 Å². The Kier molecular flexibility index (Phi) is 6.85. The van der Waals surface area contributed by atoms with Crippen molar-refractivity contribution < 1.29 is 31.8 Å². The number of aliphatic hydroxyl groups excluding tert-OH is 1. The highest BCUT2D eigenvalue weighted by atomic mass is 19.4. The zero-order valence-corrected chi connectivity index (χ0v) is 15.9. The van der Waals surface area contributed by atoms with Gasteiger partial charge >= 0.3 is 6.36 Å². The SMILES string of the molecule is OCCCNc1nc(Nc2ccc(F)c(F)c2)cc(-c2cccc(OC(F)(F)F)c2)n1. The van der Waals surface area contributed by atoms with Crippen LogP contribution < -0.4 is 15.4 Å². The summed E-state index contributed by atoms with van der Waals surface area (Å²) < 4.78 is 68.2. The lowest BCUT2D eigenvalue weighted by molar-refractivity contribution is -0.274. The van der Waals surface area contributed by atoms with Crippen molar-refractivity contribution in [1.29, 1.82) is 0 Å². The van der Waals surface area contributed by atoms with E-state index in [2.05, 4.69) is 25.3 Å². The lowest BCUT2D eigenvalue weighted by atomic mass is 10.1. The highest BCUT2D eigenvalue weighted by Gasteiger charge is 2.31. The fourth-order valence-electron chi connectivity index (χ4n) is 2.59. The van der Waals surface area contributed by atoms with E-state index in [1.165, 1.54) is 24.3 Å². The summed E-state index contributed by atoms with van der Waals surface area (Å²) in [5, 5.41) is 14.6. The zero-order chi connectivity index (χ0) is 22.4. The molecule has 2 aromatic carbocycles. The lowest BCUT2D eigenvalue weighted by Gasteiger charge is -2.13. The van der Waals surface area contributed by atoms with Crippen molar-refractivity contribution in [3.8, 4) is 17.0 Å². The van der Waals surface area contributed by atoms with Crippen LogP contribution in [-0.2, 0) is 0 Å². The Bertz CT molecular complexity index is 1050. The van der Waals surface area contributed by atoms with Crippen LogP contribution in [0.3, 0.4) is 0 Å². The second-order valence-electron chi connectivity index (χ2n) is 6.30. The first-order chi connectivity index (χ1) is 14.7. The standard InChI is InChI=1S/C20H17F5N4O2/c21-15-6-5-13(10-16(15)22)27-18-11-17(28-19(29-18)26-7-2-8-30)12-3-1-4-14(9-12)31-20(23,24)25/h1,3-6,9-11,30H,2,7-8H2,(H2,26,27,28,29). The van der Waals surface area contributed by atoms with E-state index in [0.29, 0.717) is 18.5 Å². The molecule has 0 aliphatic carbocycles. The fraction of sp³-hybridized carbons (Fsp3) is 0.200. The van der Waals surface area contributed by atoms with Crippen molar-refractivity contribution in [1.82, 2.24) is 9.97 Å². The molecular formula is C20H17F5N4O2. The molecule has 1 aromatic heterocycles. The molecule has 3 aromatic rings. The molecule has 0 amide bonds. The first kappa shape index (κ1) is 22.2. The average molecular weight is 440 g/mol. The zero-order valence-electron chi connectivity index (χ0n) is 15.9. The second-order valence-corrected chi connectivity index (χ2v) is 6.30. The molecule has 11 heteroatoms. The molecule has 3 N–H and O–H groups in total. The maximum atomic E-state index is 13.5. The highest BCUT2D eigenvalue weighted by Crippen LogP contribution is 2.29. The van der Waals surface area contributed by atoms with E-state index in [0.717, 1.165) is 24.3 Å². The molecule has 0 saturated heterocycles. The number of nitrogens with zero attached hydrogens (tertiary/aromatic N) is 2. The van der Waals surface area contributed by atoms with Crippen LogP contribution in [-0.4, -0.2) is 34.6 Å². The molecule has 0 bridgehead atoms. The summed E-state index contributed by atoms with van der Waals surface area (Å²) in [6, 6.07) is 9.84. The Labute approximate surface area is 173 Å². The molecule has 0 radical (unpaired) electrons. The molecule has 1 heterocycles. The molecule has 0 saturated carbocycles. The summed E-state index contributed by atoms with van der Waals surface area (Å²) in [5.41, 5.74) is 0.765. The van der Waals surface area contributed by atoms with Gasteiger partial charge in [-0.05, 0) is 30.7 Å². The number of hydrogen-bond acceptors (Lipinski definition) is 6. The lowest BCUT2D eigenvalue weighted by Crippen LogP contribution is -2.17. The van der Waals surface area contributed by atoms with Gasteiger partial charge in [-0.1, -0.05) is 12.1 Å². The fourth-order valence-corrected chi connectivity index (χ4v) is 2.59. The van der Waals surface area contributed by atoms with Gasteiger partial charge in [-0.3, -0.25) is 0 Å². The largest absolute Gasteiger partial charge is 0.573 e. The summed E-state index contributed by atoms with van der Waals surface area (Å²) in [5.74, 6) is -2.18. The monoisotopic (exact) mass is 440 g/mol. The maximum Gasteiger partial charge on any atom is 0.573 e. The molecule has 0 unspecified atom stereocenters. The second kappa shape index (κ2) is 9.56. The van der Waals surface area contributed by atoms with Gasteiger partial charge in [-0.15, -0.1) is 13.2 Å². The van der Waals surface area contributed by atoms with Gasteiger partial charge in [0.25, 0.3) is 0 Å². The first-order valence-electron chi connectivity index (χ1n) is 9.05. The summed E-state index contributed by atoms with van der Waals surface area (Å²) in [7, 11) is 0. The molecule has 0 spiro atoms. The molecule has 164 valence electrons. The number of anilines is 3. The van der Waals surface area contributed by atoms with E-state index < -0.39 is 23.7 Å². The minimum Gasteiger partial charge on any atom is -0.406 e. The predicted octanol–water partition coefficient (Wildman–Crippen LogP) is 4.86. The minimum absolute atomic E-state index is 0.0660. The number of nitrogens with one attached hydrogen (secondary N) is 2. The minimum atomic E-state index is -4.85. The average Bonchev–Trinajstić information content (AvgIpc) is 2.70. The van der Waals surface area contributed by atoms with Crippen LogP contribution in [0.5, 0.6) is 5.75 Å². The van der Waals surface area contributed by atoms with Crippen LogP contribution in [0.1, 0.15) is 6.42 Å². The van der Waals surface area contributed by atoms with Crippen molar-refractivity contribution >= 4 is 17.5 Å². The van der Waals surface area contributed by atoms with E-state index in [9.17, 15) is 22.0 Å². The van der Waals surface area contributed by atoms with Gasteiger partial charge in [0.2, 0.25) is 5.95 Å². The number of aliphatic hydroxyl groups is 1. The number of alkyl halides is 3. The van der Waals surface area contributed by atoms with E-state index >= 15 is 0 Å². The molecule has 0 fully saturated rings. The van der Waals surface area contributed by atoms with Crippen LogP contribution in [0.4, 0.5) is 39.4 Å². The van der Waals surface area contributed by atoms with Gasteiger partial charge in [-0.2, -0.15) is 4.98 Å². The Morgan fingerprint density at radius 2 is 1.77 bits per heavy atom. The summed E-state index contributed by atoms with van der Waals surface area (Å²) in [4.78, 5) is 8.49. The van der Waals surface area contributed by atoms with Crippen LogP contribution in [0, 0.1) is 11.6 Å². The van der Waals surface area contributed by atoms with Crippen LogP contribution in [0.2, 0.25) is 0 Å². The maximum absolute atomic E-state index is 13.5. The molecule has 0 aliphatic heterocycles. The van der Waals surface area contributed by atoms with Crippen molar-refractivity contribution in [2.75, 3.05) is 23.8 Å². The molecule has 31 heavy (non-hydrogen) atoms. The molecule has 0 atom stereocenters. The number of hydrogen-bond donors (Lipinski definition) is 3. The highest BCUT2D eigenvalue weighted by molar-refractivity contribution is 5.68. The van der Waals surface area contributed by atoms with E-state index in [1.807, 2.05) is 0 Å². The number of aromatic nitrogens is 2. The Balaban J connectivity index is 1.95. The van der Waals surface area contributed by atoms with Gasteiger partial charge in [-0.25, -0.2) is 13.8 Å². The van der Waals surface area contributed by atoms with Crippen LogP contribution in [0.15, 0.2) is 48.5 Å². The van der Waals surface area contributed by atoms with E-state index in [-0.39, 0.29) is 29.8 Å². The third kappa shape index (κ3) is 6.51. The van der Waals surface area contributed by atoms with Gasteiger partial charge in [0.05, 0.1) is 5.69 Å². The normalized spacial score (nSPS) is 11.3. The third-order valence-electron chi connectivity index (χ3n) is 3.90. The summed E-state index contributed by atoms with van der Waals surface area (Å²) in [6.07, 6.45) is -4.44. The van der Waals surface area contributed by atoms with Gasteiger partial charge < -0.3 is 20.5 Å². The Morgan fingerprint density at radius 1 is 0.968 bits per heavy atom. The van der Waals surface area contributed by atoms with Gasteiger partial charge in [0.1, 0.15) is 11.6 Å². The Morgan fingerprint density at radius 3 is 2.48 bits per heavy atom. The van der Waals surface area contributed by atoms with Gasteiger partial charge in [0, 0.05) is 36.5 Å². The Hall–Kier alpha value is -3.47. The van der Waals surface area contributed by atoms with Gasteiger partial charge in [0.15, 0.2) is 11.6 Å². The summed E-state index contributed by atoms with van der Waals surface area (Å²) >= 11 is 0. The molecular weight excluding hydrogens is 423 g/mol. The predicted molar refractivity (Wildman–Crippen MR) is 104 cm³/mol. The number of ether oxygens (including phenoxy) is 1. The van der Waals surface area contributed by atoms with Crippen molar-refractivity contribution in [3.05, 3.63) is 60.2 Å². The smallest absolute Gasteiger partial charge is 0.406 e. The third-order valence-corrected chi connectivity index (χ3v) is 3.90. The van der Waals surface area contributed by atoms with E-state index in [1.54, 1.807) is 0 Å². The van der Waals surface area contributed by atoms with Crippen molar-refractivity contribution in [3.63, 3.8) is 0 Å².